The maximum atomic E-state index is 13.0. The van der Waals surface area contributed by atoms with Gasteiger partial charge in [0.2, 0.25) is 0 Å². The molecule has 0 aromatic carbocycles. The molecule has 1 rings (SSSR count). The lowest BCUT2D eigenvalue weighted by atomic mass is 10.2. The number of hydrogen-bond acceptors (Lipinski definition) is 2. The average Bonchev–Trinajstić information content (AvgIpc) is 2.99. The van der Waals surface area contributed by atoms with Crippen molar-refractivity contribution in [2.24, 2.45) is 0 Å². The van der Waals surface area contributed by atoms with Gasteiger partial charge in [-0.05, 0) is 47.3 Å². The van der Waals surface area contributed by atoms with Gasteiger partial charge in [-0.15, -0.1) is 11.3 Å². The summed E-state index contributed by atoms with van der Waals surface area (Å²) in [7, 11) is 0. The molecule has 0 radical (unpaired) electrons. The summed E-state index contributed by atoms with van der Waals surface area (Å²) in [6.07, 6.45) is 10.5. The standard InChI is InChI=1S/C19H31BrN2OS/c1-4-7-12-22(13-8-5-2,14-9-6-3)19(23)21-11-10-18-15-17(20)16-24-18/h10-11,15-16H,4-9,12-14H2,1-3H3/p+1/b11-10+. The molecule has 0 saturated heterocycles. The van der Waals surface area contributed by atoms with E-state index in [4.69, 9.17) is 0 Å². The summed E-state index contributed by atoms with van der Waals surface area (Å²) in [6, 6.07) is 2.21. The van der Waals surface area contributed by atoms with E-state index in [-0.39, 0.29) is 6.03 Å². The normalized spacial score (nSPS) is 12.0. The number of urea groups is 1. The van der Waals surface area contributed by atoms with Gasteiger partial charge in [-0.3, -0.25) is 5.32 Å². The van der Waals surface area contributed by atoms with Crippen LogP contribution < -0.4 is 5.32 Å². The first-order valence-corrected chi connectivity index (χ1v) is 10.8. The zero-order valence-corrected chi connectivity index (χ0v) is 17.7. The summed E-state index contributed by atoms with van der Waals surface area (Å²) >= 11 is 5.12. The van der Waals surface area contributed by atoms with Gasteiger partial charge >= 0.3 is 6.03 Å². The fourth-order valence-corrected chi connectivity index (χ4v) is 4.11. The summed E-state index contributed by atoms with van der Waals surface area (Å²) < 4.78 is 1.66. The second kappa shape index (κ2) is 11.8. The van der Waals surface area contributed by atoms with Crippen molar-refractivity contribution >= 4 is 39.4 Å². The van der Waals surface area contributed by atoms with Gasteiger partial charge in [-0.1, -0.05) is 40.0 Å². The van der Waals surface area contributed by atoms with Crippen LogP contribution in [0.2, 0.25) is 0 Å². The van der Waals surface area contributed by atoms with E-state index in [2.05, 4.69) is 48.1 Å². The maximum Gasteiger partial charge on any atom is 0.420 e. The highest BCUT2D eigenvalue weighted by Crippen LogP contribution is 2.21. The second-order valence-electron chi connectivity index (χ2n) is 6.33. The summed E-state index contributed by atoms with van der Waals surface area (Å²) in [4.78, 5) is 14.1. The Balaban J connectivity index is 2.79. The van der Waals surface area contributed by atoms with E-state index in [0.717, 1.165) is 67.5 Å². The third kappa shape index (κ3) is 7.08. The van der Waals surface area contributed by atoms with Crippen LogP contribution in [0.25, 0.3) is 6.08 Å². The average molecular weight is 416 g/mol. The smallest absolute Gasteiger partial charge is 0.282 e. The Kier molecular flexibility index (Phi) is 10.5. The minimum atomic E-state index is 0.150. The lowest BCUT2D eigenvalue weighted by Gasteiger charge is -2.35. The van der Waals surface area contributed by atoms with Gasteiger partial charge in [0, 0.05) is 20.9 Å². The Bertz CT molecular complexity index is 491. The van der Waals surface area contributed by atoms with E-state index in [1.165, 1.54) is 0 Å². The molecule has 1 aromatic heterocycles. The van der Waals surface area contributed by atoms with E-state index in [0.29, 0.717) is 4.48 Å². The van der Waals surface area contributed by atoms with Crippen LogP contribution in [-0.4, -0.2) is 30.1 Å². The number of nitrogens with one attached hydrogen (secondary N) is 1. The van der Waals surface area contributed by atoms with Gasteiger partial charge in [0.1, 0.15) is 0 Å². The molecular weight excluding hydrogens is 384 g/mol. The third-order valence-electron chi connectivity index (χ3n) is 4.29. The van der Waals surface area contributed by atoms with Crippen molar-refractivity contribution in [3.63, 3.8) is 0 Å². The third-order valence-corrected chi connectivity index (χ3v) is 5.95. The summed E-state index contributed by atoms with van der Waals surface area (Å²) in [5.41, 5.74) is 0. The molecular formula is C19H32BrN2OS+. The van der Waals surface area contributed by atoms with Crippen LogP contribution in [0.15, 0.2) is 22.1 Å². The lowest BCUT2D eigenvalue weighted by Crippen LogP contribution is -2.57. The molecule has 0 aliphatic carbocycles. The number of amides is 2. The van der Waals surface area contributed by atoms with Crippen LogP contribution in [0.1, 0.15) is 64.2 Å². The largest absolute Gasteiger partial charge is 0.420 e. The van der Waals surface area contributed by atoms with E-state index >= 15 is 0 Å². The first-order valence-electron chi connectivity index (χ1n) is 9.15. The van der Waals surface area contributed by atoms with Gasteiger partial charge in [0.15, 0.2) is 0 Å². The fourth-order valence-electron chi connectivity index (χ4n) is 2.77. The molecule has 0 saturated carbocycles. The second-order valence-corrected chi connectivity index (χ2v) is 8.19. The molecule has 136 valence electrons. The number of carbonyl (C=O) groups is 1. The van der Waals surface area contributed by atoms with Crippen LogP contribution in [0, 0.1) is 0 Å². The molecule has 1 N–H and O–H groups in total. The molecule has 0 aliphatic heterocycles. The Morgan fingerprint density at radius 1 is 1.12 bits per heavy atom. The highest BCUT2D eigenvalue weighted by molar-refractivity contribution is 9.10. The van der Waals surface area contributed by atoms with Crippen molar-refractivity contribution < 1.29 is 9.28 Å². The van der Waals surface area contributed by atoms with E-state index in [1.54, 1.807) is 17.5 Å². The van der Waals surface area contributed by atoms with Gasteiger partial charge in [-0.25, -0.2) is 9.28 Å². The number of nitrogens with zero attached hydrogens (tertiary/aromatic N) is 1. The number of rotatable bonds is 11. The molecule has 0 atom stereocenters. The van der Waals surface area contributed by atoms with Crippen LogP contribution in [0.3, 0.4) is 0 Å². The van der Waals surface area contributed by atoms with Crippen LogP contribution in [0.5, 0.6) is 0 Å². The van der Waals surface area contributed by atoms with Crippen LogP contribution in [-0.2, 0) is 0 Å². The zero-order valence-electron chi connectivity index (χ0n) is 15.3. The first-order chi connectivity index (χ1) is 11.6. The van der Waals surface area contributed by atoms with E-state index in [9.17, 15) is 4.79 Å². The van der Waals surface area contributed by atoms with Crippen LogP contribution in [0.4, 0.5) is 4.79 Å². The van der Waals surface area contributed by atoms with Gasteiger partial charge < -0.3 is 0 Å². The van der Waals surface area contributed by atoms with Crippen molar-refractivity contribution in [3.8, 4) is 0 Å². The fraction of sp³-hybridized carbons (Fsp3) is 0.632. The zero-order chi connectivity index (χ0) is 17.8. The summed E-state index contributed by atoms with van der Waals surface area (Å²) in [5, 5.41) is 5.10. The first kappa shape index (κ1) is 21.4. The molecule has 24 heavy (non-hydrogen) atoms. The molecule has 1 aromatic rings. The topological polar surface area (TPSA) is 29.1 Å². The number of hydrogen-bond donors (Lipinski definition) is 1. The number of unbranched alkanes of at least 4 members (excludes halogenated alkanes) is 3. The molecule has 2 amide bonds. The van der Waals surface area contributed by atoms with Crippen molar-refractivity contribution in [3.05, 3.63) is 27.0 Å². The molecule has 5 heteroatoms. The van der Waals surface area contributed by atoms with E-state index < -0.39 is 0 Å². The molecule has 0 spiro atoms. The lowest BCUT2D eigenvalue weighted by molar-refractivity contribution is -0.851. The van der Waals surface area contributed by atoms with Gasteiger partial charge in [0.05, 0.1) is 19.6 Å². The SMILES string of the molecule is CCCC[N+](CCCC)(CCCC)C(=O)N/C=C/c1cc(Br)cs1. The van der Waals surface area contributed by atoms with Crippen molar-refractivity contribution in [2.75, 3.05) is 19.6 Å². The predicted octanol–water partition coefficient (Wildman–Crippen LogP) is 6.41. The van der Waals surface area contributed by atoms with E-state index in [1.807, 2.05) is 11.5 Å². The quantitative estimate of drug-likeness (QED) is 0.415. The minimum absolute atomic E-state index is 0.150. The van der Waals surface area contributed by atoms with Gasteiger partial charge in [0.25, 0.3) is 0 Å². The number of halogens is 1. The highest BCUT2D eigenvalue weighted by atomic mass is 79.9. The van der Waals surface area contributed by atoms with Gasteiger partial charge in [-0.2, -0.15) is 0 Å². The molecule has 0 bridgehead atoms. The Labute approximate surface area is 159 Å². The highest BCUT2D eigenvalue weighted by Gasteiger charge is 2.34. The monoisotopic (exact) mass is 415 g/mol. The molecule has 3 nitrogen and oxygen atoms in total. The molecule has 0 aliphatic rings. The Hall–Kier alpha value is -0.650. The summed E-state index contributed by atoms with van der Waals surface area (Å²) in [6.45, 7) is 9.42. The minimum Gasteiger partial charge on any atom is -0.282 e. The predicted molar refractivity (Wildman–Crippen MR) is 109 cm³/mol. The van der Waals surface area contributed by atoms with Crippen molar-refractivity contribution in [1.82, 2.24) is 5.32 Å². The van der Waals surface area contributed by atoms with Crippen molar-refractivity contribution in [2.45, 2.75) is 59.3 Å². The van der Waals surface area contributed by atoms with Crippen LogP contribution >= 0.6 is 27.3 Å². The Morgan fingerprint density at radius 3 is 2.08 bits per heavy atom. The number of carbonyl (C=O) groups excluding carboxylic acids is 1. The summed E-state index contributed by atoms with van der Waals surface area (Å²) in [5.74, 6) is 0. The molecule has 0 fully saturated rings. The molecule has 1 heterocycles. The Morgan fingerprint density at radius 2 is 1.67 bits per heavy atom. The maximum absolute atomic E-state index is 13.0. The number of quaternary nitrogens is 1. The molecule has 0 unspecified atom stereocenters. The number of thiophene rings is 1. The van der Waals surface area contributed by atoms with Crippen molar-refractivity contribution in [1.29, 1.82) is 0 Å².